The van der Waals surface area contributed by atoms with Gasteiger partial charge >= 0.3 is 6.18 Å². The first-order valence-electron chi connectivity index (χ1n) is 6.76. The zero-order valence-electron chi connectivity index (χ0n) is 11.5. The fourth-order valence-corrected chi connectivity index (χ4v) is 3.66. The third-order valence-corrected chi connectivity index (χ3v) is 4.67. The van der Waals surface area contributed by atoms with Gasteiger partial charge in [-0.3, -0.25) is 4.79 Å². The maximum Gasteiger partial charge on any atom is 0.416 e. The van der Waals surface area contributed by atoms with Crippen molar-refractivity contribution in [3.63, 3.8) is 0 Å². The van der Waals surface area contributed by atoms with E-state index in [1.165, 1.54) is 29.7 Å². The number of aromatic nitrogens is 3. The molecule has 1 aromatic carbocycles. The molecule has 2 aromatic heterocycles. The number of benzene rings is 1. The Hall–Kier alpha value is -2.42. The van der Waals surface area contributed by atoms with Gasteiger partial charge in [-0.05, 0) is 24.1 Å². The number of alkyl halides is 3. The van der Waals surface area contributed by atoms with Crippen molar-refractivity contribution in [3.8, 4) is 0 Å². The molecule has 0 aliphatic carbocycles. The fraction of sp³-hybridized carbons (Fsp3) is 0.214. The Labute approximate surface area is 131 Å². The first-order valence-corrected chi connectivity index (χ1v) is 7.58. The average molecular weight is 338 g/mol. The molecule has 1 aliphatic heterocycles. The van der Waals surface area contributed by atoms with Crippen LogP contribution in [0.5, 0.6) is 0 Å². The van der Waals surface area contributed by atoms with Crippen LogP contribution in [0.3, 0.4) is 0 Å². The summed E-state index contributed by atoms with van der Waals surface area (Å²) in [6, 6.07) is 5.40. The Morgan fingerprint density at radius 1 is 1.22 bits per heavy atom. The summed E-state index contributed by atoms with van der Waals surface area (Å²) in [4.78, 5) is 17.9. The van der Waals surface area contributed by atoms with Gasteiger partial charge in [-0.1, -0.05) is 17.4 Å². The van der Waals surface area contributed by atoms with Gasteiger partial charge in [0.05, 0.1) is 5.56 Å². The van der Waals surface area contributed by atoms with E-state index in [0.29, 0.717) is 22.3 Å². The van der Waals surface area contributed by atoms with E-state index in [2.05, 4.69) is 10.1 Å². The summed E-state index contributed by atoms with van der Waals surface area (Å²) in [5.41, 5.74) is -0.193. The first kappa shape index (κ1) is 14.2. The van der Waals surface area contributed by atoms with Crippen LogP contribution in [0.25, 0.3) is 4.96 Å². The fourth-order valence-electron chi connectivity index (χ4n) is 2.74. The van der Waals surface area contributed by atoms with Crippen molar-refractivity contribution >= 4 is 27.1 Å². The van der Waals surface area contributed by atoms with Crippen LogP contribution < -0.4 is 10.5 Å². The number of fused-ring (bicyclic) bond motifs is 2. The van der Waals surface area contributed by atoms with Crippen LogP contribution in [-0.4, -0.2) is 21.1 Å². The zero-order chi connectivity index (χ0) is 16.2. The maximum absolute atomic E-state index is 13.1. The number of nitrogens with zero attached hydrogens (tertiary/aromatic N) is 4. The molecule has 0 N–H and O–H groups in total. The summed E-state index contributed by atoms with van der Waals surface area (Å²) in [6.07, 6.45) is -2.71. The SMILES string of the molecule is O=c1ccnc2sc(N3CCc4c3cccc4C(F)(F)F)nn12. The number of hydrogen-bond acceptors (Lipinski definition) is 5. The second-order valence-corrected chi connectivity index (χ2v) is 6.00. The van der Waals surface area contributed by atoms with Gasteiger partial charge in [-0.25, -0.2) is 4.98 Å². The van der Waals surface area contributed by atoms with Crippen molar-refractivity contribution in [2.24, 2.45) is 0 Å². The number of anilines is 2. The average Bonchev–Trinajstić information content (AvgIpc) is 3.09. The lowest BCUT2D eigenvalue weighted by atomic mass is 10.0. The second-order valence-electron chi connectivity index (χ2n) is 5.06. The summed E-state index contributed by atoms with van der Waals surface area (Å²) < 4.78 is 40.5. The van der Waals surface area contributed by atoms with E-state index >= 15 is 0 Å². The molecule has 3 aromatic rings. The molecule has 1 aliphatic rings. The number of hydrogen-bond donors (Lipinski definition) is 0. The lowest BCUT2D eigenvalue weighted by Gasteiger charge is -2.16. The van der Waals surface area contributed by atoms with Gasteiger partial charge in [0.2, 0.25) is 10.1 Å². The summed E-state index contributed by atoms with van der Waals surface area (Å²) >= 11 is 1.17. The minimum absolute atomic E-state index is 0.263. The third-order valence-electron chi connectivity index (χ3n) is 3.72. The van der Waals surface area contributed by atoms with Gasteiger partial charge in [0.25, 0.3) is 5.56 Å². The molecule has 0 amide bonds. The van der Waals surface area contributed by atoms with Crippen LogP contribution >= 0.6 is 11.3 Å². The van der Waals surface area contributed by atoms with Gasteiger partial charge in [0.1, 0.15) is 0 Å². The van der Waals surface area contributed by atoms with Crippen LogP contribution in [0.2, 0.25) is 0 Å². The minimum Gasteiger partial charge on any atom is -0.316 e. The molecule has 4 rings (SSSR count). The van der Waals surface area contributed by atoms with Crippen LogP contribution in [-0.2, 0) is 12.6 Å². The summed E-state index contributed by atoms with van der Waals surface area (Å²) in [7, 11) is 0. The van der Waals surface area contributed by atoms with Crippen LogP contribution in [0.15, 0.2) is 35.3 Å². The molecule has 0 unspecified atom stereocenters. The van der Waals surface area contributed by atoms with Gasteiger partial charge in [-0.15, -0.1) is 5.10 Å². The molecule has 23 heavy (non-hydrogen) atoms. The normalized spacial score (nSPS) is 14.5. The van der Waals surface area contributed by atoms with Crippen molar-refractivity contribution in [2.45, 2.75) is 12.6 Å². The molecule has 118 valence electrons. The van der Waals surface area contributed by atoms with Gasteiger partial charge in [-0.2, -0.15) is 17.7 Å². The zero-order valence-corrected chi connectivity index (χ0v) is 12.4. The number of halogens is 3. The van der Waals surface area contributed by atoms with Crippen molar-refractivity contribution in [2.75, 3.05) is 11.4 Å². The van der Waals surface area contributed by atoms with Crippen molar-refractivity contribution in [3.05, 3.63) is 51.9 Å². The highest BCUT2D eigenvalue weighted by atomic mass is 32.1. The summed E-state index contributed by atoms with van der Waals surface area (Å²) in [5, 5.41) is 4.65. The first-order chi connectivity index (χ1) is 10.9. The highest BCUT2D eigenvalue weighted by Gasteiger charge is 2.37. The predicted molar refractivity (Wildman–Crippen MR) is 79.3 cm³/mol. The topological polar surface area (TPSA) is 50.5 Å². The Bertz CT molecular complexity index is 963. The molecular formula is C14H9F3N4OS. The van der Waals surface area contributed by atoms with Crippen LogP contribution in [0, 0.1) is 0 Å². The van der Waals surface area contributed by atoms with E-state index in [1.807, 2.05) is 0 Å². The lowest BCUT2D eigenvalue weighted by molar-refractivity contribution is -0.138. The van der Waals surface area contributed by atoms with Gasteiger partial charge in [0, 0.05) is 24.5 Å². The smallest absolute Gasteiger partial charge is 0.316 e. The molecule has 5 nitrogen and oxygen atoms in total. The molecule has 0 atom stereocenters. The summed E-state index contributed by atoms with van der Waals surface area (Å²) in [6.45, 7) is 0.386. The highest BCUT2D eigenvalue weighted by molar-refractivity contribution is 7.20. The Balaban J connectivity index is 1.85. The standard InChI is InChI=1S/C14H9F3N4OS/c15-14(16,17)9-2-1-3-10-8(9)5-7-20(10)13-19-21-11(22)4-6-18-12(21)23-13/h1-4,6H,5,7H2. The van der Waals surface area contributed by atoms with Crippen LogP contribution in [0.4, 0.5) is 24.0 Å². The lowest BCUT2D eigenvalue weighted by Crippen LogP contribution is -2.16. The molecule has 0 bridgehead atoms. The Morgan fingerprint density at radius 2 is 2.04 bits per heavy atom. The van der Waals surface area contributed by atoms with Gasteiger partial charge in [0.15, 0.2) is 0 Å². The Morgan fingerprint density at radius 3 is 2.78 bits per heavy atom. The third kappa shape index (κ3) is 2.19. The predicted octanol–water partition coefficient (Wildman–Crippen LogP) is 2.86. The van der Waals surface area contributed by atoms with Crippen LogP contribution in [0.1, 0.15) is 11.1 Å². The summed E-state index contributed by atoms with van der Waals surface area (Å²) in [5.74, 6) is 0. The molecule has 0 fully saturated rings. The van der Waals surface area contributed by atoms with Crippen molar-refractivity contribution < 1.29 is 13.2 Å². The van der Waals surface area contributed by atoms with E-state index in [4.69, 9.17) is 0 Å². The molecule has 3 heterocycles. The van der Waals surface area contributed by atoms with E-state index in [-0.39, 0.29) is 17.5 Å². The van der Waals surface area contributed by atoms with E-state index in [0.717, 1.165) is 10.6 Å². The van der Waals surface area contributed by atoms with Crippen molar-refractivity contribution in [1.82, 2.24) is 14.6 Å². The van der Waals surface area contributed by atoms with Crippen molar-refractivity contribution in [1.29, 1.82) is 0 Å². The van der Waals surface area contributed by atoms with E-state index in [1.54, 1.807) is 11.0 Å². The number of rotatable bonds is 1. The Kier molecular flexibility index (Phi) is 2.95. The van der Waals surface area contributed by atoms with Gasteiger partial charge < -0.3 is 4.90 Å². The maximum atomic E-state index is 13.1. The second kappa shape index (κ2) is 4.79. The molecular weight excluding hydrogens is 329 g/mol. The quantitative estimate of drug-likeness (QED) is 0.685. The molecule has 0 saturated heterocycles. The largest absolute Gasteiger partial charge is 0.416 e. The van der Waals surface area contributed by atoms with E-state index in [9.17, 15) is 18.0 Å². The highest BCUT2D eigenvalue weighted by Crippen LogP contribution is 2.42. The molecule has 0 radical (unpaired) electrons. The minimum atomic E-state index is -4.38. The molecule has 0 saturated carbocycles. The molecule has 0 spiro atoms. The molecule has 9 heteroatoms. The van der Waals surface area contributed by atoms with E-state index < -0.39 is 11.7 Å². The monoisotopic (exact) mass is 338 g/mol.